The molecule has 2 aromatic carbocycles. The number of sulfonamides is 1. The van der Waals surface area contributed by atoms with Crippen molar-refractivity contribution in [1.29, 1.82) is 0 Å². The van der Waals surface area contributed by atoms with Gasteiger partial charge in [-0.05, 0) is 30.2 Å². The number of benzene rings is 2. The minimum Gasteiger partial charge on any atom is -0.338 e. The Balaban J connectivity index is 1.74. The Hall–Kier alpha value is -3.23. The molecule has 0 saturated heterocycles. The molecule has 3 aromatic rings. The molecule has 29 heavy (non-hydrogen) atoms. The van der Waals surface area contributed by atoms with Gasteiger partial charge in [0.15, 0.2) is 0 Å². The lowest BCUT2D eigenvalue weighted by molar-refractivity contribution is 0.102. The van der Waals surface area contributed by atoms with Crippen molar-refractivity contribution in [1.82, 2.24) is 9.88 Å². The topological polar surface area (TPSA) is 101 Å². The van der Waals surface area contributed by atoms with Gasteiger partial charge in [0.2, 0.25) is 15.9 Å². The Morgan fingerprint density at radius 1 is 1.17 bits per heavy atom. The van der Waals surface area contributed by atoms with Crippen LogP contribution in [-0.2, 0) is 16.4 Å². The molecule has 2 N–H and O–H groups in total. The molecule has 1 aromatic heterocycles. The van der Waals surface area contributed by atoms with Crippen LogP contribution in [0.15, 0.2) is 76.7 Å². The molecule has 0 fully saturated rings. The summed E-state index contributed by atoms with van der Waals surface area (Å²) in [5.74, 6) is -0.336. The summed E-state index contributed by atoms with van der Waals surface area (Å²) in [7, 11) is -3.73. The highest BCUT2D eigenvalue weighted by molar-refractivity contribution is 7.89. The number of carbonyl (C=O) groups is 1. The fraction of sp³-hybridized carbons (Fsp3) is 0.143. The highest BCUT2D eigenvalue weighted by atomic mass is 32.2. The van der Waals surface area contributed by atoms with Crippen molar-refractivity contribution in [3.8, 4) is 11.3 Å². The zero-order valence-corrected chi connectivity index (χ0v) is 16.7. The van der Waals surface area contributed by atoms with Gasteiger partial charge in [0, 0.05) is 23.7 Å². The molecule has 7 nitrogen and oxygen atoms in total. The first kappa shape index (κ1) is 20.5. The van der Waals surface area contributed by atoms with Gasteiger partial charge in [-0.15, -0.1) is 6.58 Å². The van der Waals surface area contributed by atoms with Crippen LogP contribution in [0.25, 0.3) is 11.3 Å². The van der Waals surface area contributed by atoms with E-state index < -0.39 is 15.9 Å². The SMILES string of the molecule is C=CCNS(=O)(=O)c1cccc(C(=O)Nc2cc(-c3ccc(CC)cc3)no2)c1. The van der Waals surface area contributed by atoms with Crippen molar-refractivity contribution in [2.45, 2.75) is 18.2 Å². The highest BCUT2D eigenvalue weighted by Crippen LogP contribution is 2.23. The molecule has 0 spiro atoms. The third-order valence-corrected chi connectivity index (χ3v) is 5.65. The van der Waals surface area contributed by atoms with Gasteiger partial charge in [-0.2, -0.15) is 0 Å². The second-order valence-corrected chi connectivity index (χ2v) is 8.02. The van der Waals surface area contributed by atoms with E-state index in [2.05, 4.69) is 28.7 Å². The molecule has 0 unspecified atom stereocenters. The van der Waals surface area contributed by atoms with E-state index in [9.17, 15) is 13.2 Å². The first-order valence-corrected chi connectivity index (χ1v) is 10.5. The largest absolute Gasteiger partial charge is 0.338 e. The lowest BCUT2D eigenvalue weighted by Crippen LogP contribution is -2.24. The maximum atomic E-state index is 12.5. The second kappa shape index (κ2) is 8.85. The van der Waals surface area contributed by atoms with E-state index in [0.717, 1.165) is 12.0 Å². The number of carbonyl (C=O) groups excluding carboxylic acids is 1. The maximum Gasteiger partial charge on any atom is 0.258 e. The first-order valence-electron chi connectivity index (χ1n) is 9.01. The van der Waals surface area contributed by atoms with Gasteiger partial charge in [-0.3, -0.25) is 10.1 Å². The molecule has 8 heteroatoms. The average Bonchev–Trinajstić information content (AvgIpc) is 3.21. The molecular formula is C21H21N3O4S. The molecule has 0 atom stereocenters. The standard InChI is InChI=1S/C21H21N3O4S/c1-3-12-22-29(26,27)18-7-5-6-17(13-18)21(25)23-20-14-19(24-28-20)16-10-8-15(4-2)9-11-16/h3,5-11,13-14,22H,1,4,12H2,2H3,(H,23,25). The molecule has 0 aliphatic heterocycles. The van der Waals surface area contributed by atoms with Crippen molar-refractivity contribution in [3.63, 3.8) is 0 Å². The highest BCUT2D eigenvalue weighted by Gasteiger charge is 2.17. The van der Waals surface area contributed by atoms with Crippen LogP contribution in [0.1, 0.15) is 22.8 Å². The van der Waals surface area contributed by atoms with Gasteiger partial charge in [-0.1, -0.05) is 48.5 Å². The summed E-state index contributed by atoms with van der Waals surface area (Å²) in [5.41, 5.74) is 2.85. The number of nitrogens with zero attached hydrogens (tertiary/aromatic N) is 1. The van der Waals surface area contributed by atoms with Crippen LogP contribution < -0.4 is 10.0 Å². The zero-order valence-electron chi connectivity index (χ0n) is 15.9. The van der Waals surface area contributed by atoms with E-state index in [1.165, 1.54) is 35.9 Å². The molecule has 1 heterocycles. The van der Waals surface area contributed by atoms with Gasteiger partial charge in [0.05, 0.1) is 4.90 Å². The minimum absolute atomic E-state index is 0.0127. The Bertz CT molecular complexity index is 1120. The van der Waals surface area contributed by atoms with Crippen molar-refractivity contribution >= 4 is 21.8 Å². The van der Waals surface area contributed by atoms with Crippen LogP contribution in [0.5, 0.6) is 0 Å². The number of aryl methyl sites for hydroxylation is 1. The van der Waals surface area contributed by atoms with Crippen molar-refractivity contribution in [2.24, 2.45) is 0 Å². The molecule has 0 aliphatic carbocycles. The third-order valence-electron chi connectivity index (χ3n) is 4.23. The number of hydrogen-bond acceptors (Lipinski definition) is 5. The summed E-state index contributed by atoms with van der Waals surface area (Å²) in [6.45, 7) is 5.65. The van der Waals surface area contributed by atoms with Crippen LogP contribution >= 0.6 is 0 Å². The predicted molar refractivity (Wildman–Crippen MR) is 111 cm³/mol. The Morgan fingerprint density at radius 2 is 1.93 bits per heavy atom. The Labute approximate surface area is 169 Å². The molecule has 1 amide bonds. The van der Waals surface area contributed by atoms with Crippen LogP contribution in [0, 0.1) is 0 Å². The molecule has 3 rings (SSSR count). The molecule has 0 radical (unpaired) electrons. The fourth-order valence-electron chi connectivity index (χ4n) is 2.62. The molecule has 150 valence electrons. The van der Waals surface area contributed by atoms with Crippen molar-refractivity contribution in [3.05, 3.63) is 78.4 Å². The quantitative estimate of drug-likeness (QED) is 0.551. The first-order chi connectivity index (χ1) is 13.9. The molecule has 0 bridgehead atoms. The fourth-order valence-corrected chi connectivity index (χ4v) is 3.67. The lowest BCUT2D eigenvalue weighted by Gasteiger charge is -2.06. The van der Waals surface area contributed by atoms with E-state index in [1.807, 2.05) is 24.3 Å². The number of anilines is 1. The van der Waals surface area contributed by atoms with Gasteiger partial charge in [-0.25, -0.2) is 13.1 Å². The molecular weight excluding hydrogens is 390 g/mol. The monoisotopic (exact) mass is 411 g/mol. The summed E-state index contributed by atoms with van der Waals surface area (Å²) in [6, 6.07) is 15.2. The smallest absolute Gasteiger partial charge is 0.258 e. The molecule has 0 saturated carbocycles. The van der Waals surface area contributed by atoms with Crippen molar-refractivity contribution < 1.29 is 17.7 Å². The van der Waals surface area contributed by atoms with Crippen LogP contribution in [-0.4, -0.2) is 26.0 Å². The molecule has 0 aliphatic rings. The summed E-state index contributed by atoms with van der Waals surface area (Å²) in [6.07, 6.45) is 2.38. The zero-order chi connectivity index (χ0) is 20.9. The van der Waals surface area contributed by atoms with Gasteiger partial charge < -0.3 is 4.52 Å². The van der Waals surface area contributed by atoms with E-state index in [0.29, 0.717) is 5.69 Å². The van der Waals surface area contributed by atoms with Crippen LogP contribution in [0.4, 0.5) is 5.88 Å². The second-order valence-electron chi connectivity index (χ2n) is 6.25. The van der Waals surface area contributed by atoms with Gasteiger partial charge in [0.25, 0.3) is 5.91 Å². The maximum absolute atomic E-state index is 12.5. The number of rotatable bonds is 8. The Kier molecular flexibility index (Phi) is 6.26. The summed E-state index contributed by atoms with van der Waals surface area (Å²) in [4.78, 5) is 12.5. The van der Waals surface area contributed by atoms with E-state index in [-0.39, 0.29) is 22.9 Å². The summed E-state index contributed by atoms with van der Waals surface area (Å²) in [5, 5.41) is 6.57. The predicted octanol–water partition coefficient (Wildman–Crippen LogP) is 3.62. The third kappa shape index (κ3) is 4.98. The van der Waals surface area contributed by atoms with Gasteiger partial charge >= 0.3 is 0 Å². The summed E-state index contributed by atoms with van der Waals surface area (Å²) < 4.78 is 32.0. The van der Waals surface area contributed by atoms with E-state index in [4.69, 9.17) is 4.52 Å². The van der Waals surface area contributed by atoms with E-state index in [1.54, 1.807) is 6.07 Å². The van der Waals surface area contributed by atoms with Crippen LogP contribution in [0.3, 0.4) is 0 Å². The van der Waals surface area contributed by atoms with Crippen molar-refractivity contribution in [2.75, 3.05) is 11.9 Å². The van der Waals surface area contributed by atoms with E-state index >= 15 is 0 Å². The number of hydrogen-bond donors (Lipinski definition) is 2. The van der Waals surface area contributed by atoms with Crippen LogP contribution in [0.2, 0.25) is 0 Å². The van der Waals surface area contributed by atoms with Gasteiger partial charge in [0.1, 0.15) is 5.69 Å². The number of amides is 1. The number of aromatic nitrogens is 1. The lowest BCUT2D eigenvalue weighted by atomic mass is 10.1. The summed E-state index contributed by atoms with van der Waals surface area (Å²) >= 11 is 0. The minimum atomic E-state index is -3.73. The Morgan fingerprint density at radius 3 is 2.62 bits per heavy atom. The number of nitrogens with one attached hydrogen (secondary N) is 2. The average molecular weight is 411 g/mol. The normalized spacial score (nSPS) is 11.2.